The van der Waals surface area contributed by atoms with Crippen LogP contribution in [0.5, 0.6) is 11.5 Å². The van der Waals surface area contributed by atoms with Gasteiger partial charge in [-0.05, 0) is 37.1 Å². The molecule has 1 heterocycles. The number of amides is 2. The first-order chi connectivity index (χ1) is 14.1. The van der Waals surface area contributed by atoms with Crippen molar-refractivity contribution in [3.8, 4) is 11.5 Å². The number of nitrogens with zero attached hydrogens (tertiary/aromatic N) is 2. The van der Waals surface area contributed by atoms with Gasteiger partial charge in [0.05, 0.1) is 19.3 Å². The molecule has 0 saturated carbocycles. The molecular formula is C23H28N2O4. The number of aryl methyl sites for hydroxylation is 1. The highest BCUT2D eigenvalue weighted by atomic mass is 16.5. The summed E-state index contributed by atoms with van der Waals surface area (Å²) in [5.74, 6) is 1.50. The highest BCUT2D eigenvalue weighted by Crippen LogP contribution is 2.20. The molecule has 0 N–H and O–H groups in total. The summed E-state index contributed by atoms with van der Waals surface area (Å²) in [5, 5.41) is 0. The Balaban J connectivity index is 1.42. The number of rotatable bonds is 7. The van der Waals surface area contributed by atoms with Gasteiger partial charge >= 0.3 is 0 Å². The van der Waals surface area contributed by atoms with Gasteiger partial charge in [-0.2, -0.15) is 0 Å². The first-order valence-electron chi connectivity index (χ1n) is 9.98. The third kappa shape index (κ3) is 5.28. The van der Waals surface area contributed by atoms with Crippen molar-refractivity contribution in [2.75, 3.05) is 39.9 Å². The maximum absolute atomic E-state index is 12.8. The number of carbonyl (C=O) groups is 2. The lowest BCUT2D eigenvalue weighted by Gasteiger charge is -2.35. The van der Waals surface area contributed by atoms with Crippen molar-refractivity contribution in [3.63, 3.8) is 0 Å². The molecule has 0 radical (unpaired) electrons. The Labute approximate surface area is 172 Å². The van der Waals surface area contributed by atoms with Crippen LogP contribution < -0.4 is 9.47 Å². The molecule has 2 amide bonds. The van der Waals surface area contributed by atoms with E-state index in [9.17, 15) is 9.59 Å². The van der Waals surface area contributed by atoms with E-state index in [1.54, 1.807) is 24.1 Å². The van der Waals surface area contributed by atoms with Crippen molar-refractivity contribution in [2.45, 2.75) is 19.8 Å². The van der Waals surface area contributed by atoms with E-state index in [4.69, 9.17) is 9.47 Å². The second-order valence-electron chi connectivity index (χ2n) is 7.09. The van der Waals surface area contributed by atoms with E-state index in [1.165, 1.54) is 0 Å². The summed E-state index contributed by atoms with van der Waals surface area (Å²) in [5.41, 5.74) is 1.65. The Morgan fingerprint density at radius 2 is 1.52 bits per heavy atom. The lowest BCUT2D eigenvalue weighted by molar-refractivity contribution is -0.132. The summed E-state index contributed by atoms with van der Waals surface area (Å²) >= 11 is 0. The van der Waals surface area contributed by atoms with Gasteiger partial charge < -0.3 is 19.3 Å². The molecule has 1 aliphatic rings. The number of hydrogen-bond donors (Lipinski definition) is 0. The van der Waals surface area contributed by atoms with Crippen LogP contribution in [-0.4, -0.2) is 61.5 Å². The SMILES string of the molecule is COc1ccccc1C(=O)N1CCN(C(=O)CCCOc2ccccc2C)CC1. The first kappa shape index (κ1) is 20.7. The topological polar surface area (TPSA) is 59.1 Å². The van der Waals surface area contributed by atoms with Crippen molar-refractivity contribution >= 4 is 11.8 Å². The second-order valence-corrected chi connectivity index (χ2v) is 7.09. The lowest BCUT2D eigenvalue weighted by atomic mass is 10.1. The molecule has 0 bridgehead atoms. The van der Waals surface area contributed by atoms with Crippen molar-refractivity contribution in [1.82, 2.24) is 9.80 Å². The number of para-hydroxylation sites is 2. The third-order valence-corrected chi connectivity index (χ3v) is 5.14. The number of carbonyl (C=O) groups excluding carboxylic acids is 2. The number of methoxy groups -OCH3 is 1. The van der Waals surface area contributed by atoms with E-state index >= 15 is 0 Å². The smallest absolute Gasteiger partial charge is 0.257 e. The van der Waals surface area contributed by atoms with Crippen LogP contribution in [0.1, 0.15) is 28.8 Å². The van der Waals surface area contributed by atoms with Gasteiger partial charge in [0.1, 0.15) is 11.5 Å². The Morgan fingerprint density at radius 3 is 2.21 bits per heavy atom. The van der Waals surface area contributed by atoms with Crippen LogP contribution in [0.25, 0.3) is 0 Å². The summed E-state index contributed by atoms with van der Waals surface area (Å²) in [6.45, 7) is 4.69. The normalized spacial score (nSPS) is 13.9. The lowest BCUT2D eigenvalue weighted by Crippen LogP contribution is -2.50. The number of benzene rings is 2. The number of piperazine rings is 1. The molecule has 2 aromatic rings. The Morgan fingerprint density at radius 1 is 0.897 bits per heavy atom. The molecule has 1 fully saturated rings. The summed E-state index contributed by atoms with van der Waals surface area (Å²) in [6.07, 6.45) is 1.12. The van der Waals surface area contributed by atoms with Gasteiger partial charge in [-0.15, -0.1) is 0 Å². The molecule has 6 nitrogen and oxygen atoms in total. The van der Waals surface area contributed by atoms with Gasteiger partial charge in [-0.3, -0.25) is 9.59 Å². The largest absolute Gasteiger partial charge is 0.496 e. The average Bonchev–Trinajstić information content (AvgIpc) is 2.77. The minimum absolute atomic E-state index is 0.0545. The van der Waals surface area contributed by atoms with Gasteiger partial charge in [-0.25, -0.2) is 0 Å². The monoisotopic (exact) mass is 396 g/mol. The highest BCUT2D eigenvalue weighted by Gasteiger charge is 2.26. The van der Waals surface area contributed by atoms with E-state index in [1.807, 2.05) is 48.2 Å². The molecule has 0 spiro atoms. The second kappa shape index (κ2) is 9.96. The molecule has 0 aromatic heterocycles. The van der Waals surface area contributed by atoms with E-state index in [2.05, 4.69) is 0 Å². The molecule has 1 aliphatic heterocycles. The third-order valence-electron chi connectivity index (χ3n) is 5.14. The van der Waals surface area contributed by atoms with E-state index in [0.717, 1.165) is 11.3 Å². The van der Waals surface area contributed by atoms with Crippen molar-refractivity contribution in [1.29, 1.82) is 0 Å². The molecule has 0 unspecified atom stereocenters. The Hall–Kier alpha value is -3.02. The van der Waals surface area contributed by atoms with E-state index < -0.39 is 0 Å². The maximum atomic E-state index is 12.8. The molecule has 0 aliphatic carbocycles. The molecule has 1 saturated heterocycles. The molecule has 6 heteroatoms. The zero-order valence-electron chi connectivity index (χ0n) is 17.1. The summed E-state index contributed by atoms with van der Waals surface area (Å²) in [7, 11) is 1.56. The predicted octanol–water partition coefficient (Wildman–Crippen LogP) is 3.15. The van der Waals surface area contributed by atoms with Crippen LogP contribution in [0.15, 0.2) is 48.5 Å². The van der Waals surface area contributed by atoms with Crippen LogP contribution >= 0.6 is 0 Å². The Bertz CT molecular complexity index is 844. The van der Waals surface area contributed by atoms with E-state index in [0.29, 0.717) is 56.9 Å². The molecule has 154 valence electrons. The van der Waals surface area contributed by atoms with Crippen molar-refractivity contribution in [3.05, 3.63) is 59.7 Å². The van der Waals surface area contributed by atoms with Crippen LogP contribution in [0.3, 0.4) is 0 Å². The fraction of sp³-hybridized carbons (Fsp3) is 0.391. The number of ether oxygens (including phenoxy) is 2. The van der Waals surface area contributed by atoms with Crippen molar-refractivity contribution < 1.29 is 19.1 Å². The van der Waals surface area contributed by atoms with Gasteiger partial charge in [0.25, 0.3) is 5.91 Å². The van der Waals surface area contributed by atoms with E-state index in [-0.39, 0.29) is 11.8 Å². The van der Waals surface area contributed by atoms with Gasteiger partial charge in [0.15, 0.2) is 0 Å². The quantitative estimate of drug-likeness (QED) is 0.675. The molecule has 0 atom stereocenters. The average molecular weight is 396 g/mol. The molecular weight excluding hydrogens is 368 g/mol. The summed E-state index contributed by atoms with van der Waals surface area (Å²) in [6, 6.07) is 15.1. The predicted molar refractivity (Wildman–Crippen MR) is 111 cm³/mol. The zero-order chi connectivity index (χ0) is 20.6. The summed E-state index contributed by atoms with van der Waals surface area (Å²) in [4.78, 5) is 28.8. The fourth-order valence-electron chi connectivity index (χ4n) is 3.43. The minimum atomic E-state index is -0.0545. The van der Waals surface area contributed by atoms with Crippen LogP contribution in [0.4, 0.5) is 0 Å². The number of hydrogen-bond acceptors (Lipinski definition) is 4. The van der Waals surface area contributed by atoms with Crippen LogP contribution in [0, 0.1) is 6.92 Å². The van der Waals surface area contributed by atoms with Crippen molar-refractivity contribution in [2.24, 2.45) is 0 Å². The Kier molecular flexibility index (Phi) is 7.11. The van der Waals surface area contributed by atoms with Crippen LogP contribution in [0.2, 0.25) is 0 Å². The fourth-order valence-corrected chi connectivity index (χ4v) is 3.43. The highest BCUT2D eigenvalue weighted by molar-refractivity contribution is 5.97. The van der Waals surface area contributed by atoms with Gasteiger partial charge in [0, 0.05) is 32.6 Å². The summed E-state index contributed by atoms with van der Waals surface area (Å²) < 4.78 is 11.0. The molecule has 2 aromatic carbocycles. The van der Waals surface area contributed by atoms with Gasteiger partial charge in [-0.1, -0.05) is 30.3 Å². The van der Waals surface area contributed by atoms with Gasteiger partial charge in [0.2, 0.25) is 5.91 Å². The standard InChI is InChI=1S/C23H28N2O4/c1-18-8-3-5-10-20(18)29-17-7-12-22(26)24-13-15-25(16-14-24)23(27)19-9-4-6-11-21(19)28-2/h3-6,8-11H,7,12-17H2,1-2H3. The minimum Gasteiger partial charge on any atom is -0.496 e. The van der Waals surface area contributed by atoms with Crippen LogP contribution in [-0.2, 0) is 4.79 Å². The zero-order valence-corrected chi connectivity index (χ0v) is 17.1. The first-order valence-corrected chi connectivity index (χ1v) is 9.98. The molecule has 3 rings (SSSR count). The molecule has 29 heavy (non-hydrogen) atoms. The maximum Gasteiger partial charge on any atom is 0.257 e.